The van der Waals surface area contributed by atoms with Gasteiger partial charge in [0.05, 0.1) is 0 Å². The molecule has 0 spiro atoms. The van der Waals surface area contributed by atoms with Crippen LogP contribution < -0.4 is 5.32 Å². The third-order valence-electron chi connectivity index (χ3n) is 2.42. The van der Waals surface area contributed by atoms with Crippen LogP contribution in [0.2, 0.25) is 5.02 Å². The molecule has 0 atom stereocenters. The maximum Gasteiger partial charge on any atom is 0.124 e. The van der Waals surface area contributed by atoms with E-state index in [0.29, 0.717) is 11.6 Å². The van der Waals surface area contributed by atoms with E-state index in [2.05, 4.69) is 43.8 Å². The van der Waals surface area contributed by atoms with Crippen molar-refractivity contribution >= 4 is 55.8 Å². The summed E-state index contributed by atoms with van der Waals surface area (Å²) >= 11 is 11.7. The highest BCUT2D eigenvalue weighted by atomic mass is 127. The first kappa shape index (κ1) is 14.1. The van der Waals surface area contributed by atoms with Crippen molar-refractivity contribution in [3.63, 3.8) is 0 Å². The summed E-state index contributed by atoms with van der Waals surface area (Å²) in [6.45, 7) is 0.566. The number of benzene rings is 2. The van der Waals surface area contributed by atoms with Crippen molar-refractivity contribution in [2.24, 2.45) is 0 Å². The zero-order valence-electron chi connectivity index (χ0n) is 9.18. The van der Waals surface area contributed by atoms with Crippen molar-refractivity contribution in [1.82, 2.24) is 0 Å². The molecule has 0 aromatic heterocycles. The molecule has 5 heteroatoms. The van der Waals surface area contributed by atoms with Crippen LogP contribution in [0.4, 0.5) is 10.1 Å². The molecule has 0 saturated carbocycles. The Labute approximate surface area is 132 Å². The Balaban J connectivity index is 2.09. The van der Waals surface area contributed by atoms with Gasteiger partial charge in [-0.05, 0) is 74.4 Å². The molecule has 1 nitrogen and oxygen atoms in total. The van der Waals surface area contributed by atoms with Crippen LogP contribution in [-0.2, 0) is 6.54 Å². The molecule has 0 unspecified atom stereocenters. The Morgan fingerprint density at radius 2 is 2.00 bits per heavy atom. The van der Waals surface area contributed by atoms with E-state index >= 15 is 0 Å². The number of hydrogen-bond donors (Lipinski definition) is 1. The second kappa shape index (κ2) is 6.21. The van der Waals surface area contributed by atoms with Crippen LogP contribution in [0, 0.1) is 9.39 Å². The molecular formula is C13H9BrClFIN. The zero-order chi connectivity index (χ0) is 13.1. The van der Waals surface area contributed by atoms with Gasteiger partial charge in [-0.2, -0.15) is 0 Å². The van der Waals surface area contributed by atoms with Gasteiger partial charge < -0.3 is 5.32 Å². The highest BCUT2D eigenvalue weighted by Crippen LogP contribution is 2.24. The minimum atomic E-state index is -0.318. The molecule has 0 bridgehead atoms. The lowest BCUT2D eigenvalue weighted by molar-refractivity contribution is 0.627. The van der Waals surface area contributed by atoms with Crippen LogP contribution in [0.1, 0.15) is 5.56 Å². The van der Waals surface area contributed by atoms with E-state index in [0.717, 1.165) is 19.3 Å². The Hall–Kier alpha value is -0.330. The van der Waals surface area contributed by atoms with Crippen LogP contribution in [0.5, 0.6) is 0 Å². The SMILES string of the molecule is Fc1ccc(CNc2ccc(Br)c(I)c2)c(Cl)c1. The molecule has 0 aliphatic rings. The summed E-state index contributed by atoms with van der Waals surface area (Å²) in [7, 11) is 0. The van der Waals surface area contributed by atoms with E-state index in [-0.39, 0.29) is 5.82 Å². The monoisotopic (exact) mass is 439 g/mol. The maximum atomic E-state index is 12.9. The minimum absolute atomic E-state index is 0.318. The van der Waals surface area contributed by atoms with Gasteiger partial charge in [0.2, 0.25) is 0 Å². The number of rotatable bonds is 3. The summed E-state index contributed by atoms with van der Waals surface area (Å²) in [5, 5.41) is 3.70. The third-order valence-corrected chi connectivity index (χ3v) is 5.09. The van der Waals surface area contributed by atoms with Gasteiger partial charge in [0.25, 0.3) is 0 Å². The zero-order valence-corrected chi connectivity index (χ0v) is 13.7. The lowest BCUT2D eigenvalue weighted by atomic mass is 10.2. The fourth-order valence-electron chi connectivity index (χ4n) is 1.47. The Bertz CT molecular complexity index is 577. The predicted molar refractivity (Wildman–Crippen MR) is 85.6 cm³/mol. The van der Waals surface area contributed by atoms with E-state index in [1.807, 2.05) is 18.2 Å². The van der Waals surface area contributed by atoms with Crippen molar-refractivity contribution in [1.29, 1.82) is 0 Å². The smallest absolute Gasteiger partial charge is 0.124 e. The summed E-state index contributed by atoms with van der Waals surface area (Å²) in [6, 6.07) is 10.4. The van der Waals surface area contributed by atoms with E-state index in [9.17, 15) is 4.39 Å². The molecule has 94 valence electrons. The molecule has 2 rings (SSSR count). The lowest BCUT2D eigenvalue weighted by Gasteiger charge is -2.09. The summed E-state index contributed by atoms with van der Waals surface area (Å²) < 4.78 is 15.1. The molecule has 0 aliphatic carbocycles. The molecule has 2 aromatic carbocycles. The first-order valence-electron chi connectivity index (χ1n) is 5.19. The van der Waals surface area contributed by atoms with Crippen LogP contribution >= 0.6 is 50.1 Å². The normalized spacial score (nSPS) is 10.4. The van der Waals surface area contributed by atoms with Crippen LogP contribution in [0.25, 0.3) is 0 Å². The van der Waals surface area contributed by atoms with Crippen molar-refractivity contribution in [2.45, 2.75) is 6.54 Å². The molecule has 0 radical (unpaired) electrons. The number of halogens is 4. The van der Waals surface area contributed by atoms with Crippen molar-refractivity contribution in [3.8, 4) is 0 Å². The van der Waals surface area contributed by atoms with Gasteiger partial charge in [0, 0.05) is 25.3 Å². The number of anilines is 1. The summed E-state index contributed by atoms with van der Waals surface area (Å²) in [6.07, 6.45) is 0. The second-order valence-corrected chi connectivity index (χ2v) is 6.14. The summed E-state index contributed by atoms with van der Waals surface area (Å²) in [4.78, 5) is 0. The van der Waals surface area contributed by atoms with E-state index in [4.69, 9.17) is 11.6 Å². The average molecular weight is 440 g/mol. The lowest BCUT2D eigenvalue weighted by Crippen LogP contribution is -2.00. The molecular weight excluding hydrogens is 431 g/mol. The van der Waals surface area contributed by atoms with Crippen LogP contribution in [0.3, 0.4) is 0 Å². The highest BCUT2D eigenvalue weighted by molar-refractivity contribution is 14.1. The standard InChI is InChI=1S/C13H9BrClFIN/c14-11-4-3-10(6-13(11)17)18-7-8-1-2-9(16)5-12(8)15/h1-6,18H,7H2. The highest BCUT2D eigenvalue weighted by Gasteiger charge is 2.03. The van der Waals surface area contributed by atoms with Crippen LogP contribution in [0.15, 0.2) is 40.9 Å². The molecule has 0 aliphatic heterocycles. The quantitative estimate of drug-likeness (QED) is 0.625. The molecule has 1 N–H and O–H groups in total. The average Bonchev–Trinajstić information content (AvgIpc) is 2.32. The first-order valence-corrected chi connectivity index (χ1v) is 7.44. The summed E-state index contributed by atoms with van der Waals surface area (Å²) in [5.74, 6) is -0.318. The van der Waals surface area contributed by atoms with Gasteiger partial charge >= 0.3 is 0 Å². The van der Waals surface area contributed by atoms with Crippen LogP contribution in [-0.4, -0.2) is 0 Å². The van der Waals surface area contributed by atoms with Gasteiger partial charge in [-0.15, -0.1) is 0 Å². The molecule has 0 saturated heterocycles. The third kappa shape index (κ3) is 3.59. The Morgan fingerprint density at radius 3 is 2.67 bits per heavy atom. The topological polar surface area (TPSA) is 12.0 Å². The Kier molecular flexibility index (Phi) is 4.86. The molecule has 2 aromatic rings. The minimum Gasteiger partial charge on any atom is -0.381 e. The molecule has 0 fully saturated rings. The van der Waals surface area contributed by atoms with Gasteiger partial charge in [-0.25, -0.2) is 4.39 Å². The van der Waals surface area contributed by atoms with E-state index in [1.165, 1.54) is 12.1 Å². The largest absolute Gasteiger partial charge is 0.381 e. The van der Waals surface area contributed by atoms with E-state index < -0.39 is 0 Å². The fourth-order valence-corrected chi connectivity index (χ4v) is 2.46. The van der Waals surface area contributed by atoms with Crippen molar-refractivity contribution < 1.29 is 4.39 Å². The van der Waals surface area contributed by atoms with Gasteiger partial charge in [0.15, 0.2) is 0 Å². The summed E-state index contributed by atoms with van der Waals surface area (Å²) in [5.41, 5.74) is 1.87. The van der Waals surface area contributed by atoms with E-state index in [1.54, 1.807) is 6.07 Å². The second-order valence-electron chi connectivity index (χ2n) is 3.72. The molecule has 18 heavy (non-hydrogen) atoms. The predicted octanol–water partition coefficient (Wildman–Crippen LogP) is 5.46. The molecule has 0 heterocycles. The van der Waals surface area contributed by atoms with Gasteiger partial charge in [0.1, 0.15) is 5.82 Å². The fraction of sp³-hybridized carbons (Fsp3) is 0.0769. The maximum absolute atomic E-state index is 12.9. The van der Waals surface area contributed by atoms with Crippen molar-refractivity contribution in [3.05, 3.63) is 60.8 Å². The van der Waals surface area contributed by atoms with Gasteiger partial charge in [-0.1, -0.05) is 17.7 Å². The molecule has 0 amide bonds. The van der Waals surface area contributed by atoms with Crippen molar-refractivity contribution in [2.75, 3.05) is 5.32 Å². The van der Waals surface area contributed by atoms with Gasteiger partial charge in [-0.3, -0.25) is 0 Å². The number of nitrogens with one attached hydrogen (secondary N) is 1. The Morgan fingerprint density at radius 1 is 1.22 bits per heavy atom. The first-order chi connectivity index (χ1) is 8.56. The number of hydrogen-bond acceptors (Lipinski definition) is 1.